The molecular formula is C26H25ClN4O5. The summed E-state index contributed by atoms with van der Waals surface area (Å²) in [5.74, 6) is -0.159. The summed E-state index contributed by atoms with van der Waals surface area (Å²) in [6.45, 7) is 2.08. The average Bonchev–Trinajstić information content (AvgIpc) is 3.60. The van der Waals surface area contributed by atoms with E-state index in [2.05, 4.69) is 15.8 Å². The van der Waals surface area contributed by atoms with Crippen LogP contribution < -0.4 is 10.6 Å². The van der Waals surface area contributed by atoms with Gasteiger partial charge < -0.3 is 19.7 Å². The number of carbonyl (C=O) groups is 2. The molecule has 3 aromatic rings. The molecule has 2 atom stereocenters. The minimum Gasteiger partial charge on any atom is -0.480 e. The van der Waals surface area contributed by atoms with Gasteiger partial charge in [-0.05, 0) is 30.9 Å². The Bertz CT molecular complexity index is 1280. The molecular weight excluding hydrogens is 484 g/mol. The van der Waals surface area contributed by atoms with Crippen LogP contribution in [0.15, 0.2) is 53.1 Å². The van der Waals surface area contributed by atoms with E-state index in [1.807, 2.05) is 18.2 Å². The number of amides is 1. The Morgan fingerprint density at radius 3 is 2.61 bits per heavy atom. The standard InChI is InChI=1S/C26H25ClN4O5/c1-15(19-4-2-3-5-20(19)27)35-26(34)30-23-22(13-28)31-36-24(23)18-10-8-17(9-11-18)14-29-21(25(32)33)12-16-6-7-16/h2-5,8-11,15-16,21,29H,6-7,12,14H2,1H3,(H,30,34)(H,32,33). The van der Waals surface area contributed by atoms with Gasteiger partial charge in [-0.25, -0.2) is 4.79 Å². The third-order valence-corrected chi connectivity index (χ3v) is 6.33. The van der Waals surface area contributed by atoms with Gasteiger partial charge in [0.2, 0.25) is 5.69 Å². The predicted octanol–water partition coefficient (Wildman–Crippen LogP) is 5.52. The molecule has 4 rings (SSSR count). The smallest absolute Gasteiger partial charge is 0.412 e. The fraction of sp³-hybridized carbons (Fsp3) is 0.308. The Balaban J connectivity index is 1.43. The lowest BCUT2D eigenvalue weighted by molar-refractivity contribution is -0.139. The van der Waals surface area contributed by atoms with Crippen LogP contribution in [0.4, 0.5) is 10.5 Å². The van der Waals surface area contributed by atoms with Gasteiger partial charge in [0.05, 0.1) is 0 Å². The molecule has 1 fully saturated rings. The highest BCUT2D eigenvalue weighted by molar-refractivity contribution is 6.31. The lowest BCUT2D eigenvalue weighted by Gasteiger charge is -2.15. The second-order valence-electron chi connectivity index (χ2n) is 8.69. The van der Waals surface area contributed by atoms with Crippen LogP contribution in [0.5, 0.6) is 0 Å². The van der Waals surface area contributed by atoms with Crippen molar-refractivity contribution >= 4 is 29.4 Å². The van der Waals surface area contributed by atoms with Crippen LogP contribution >= 0.6 is 11.6 Å². The van der Waals surface area contributed by atoms with E-state index in [9.17, 15) is 20.0 Å². The van der Waals surface area contributed by atoms with Crippen molar-refractivity contribution in [1.29, 1.82) is 5.26 Å². The van der Waals surface area contributed by atoms with E-state index in [0.29, 0.717) is 35.0 Å². The van der Waals surface area contributed by atoms with Gasteiger partial charge in [0, 0.05) is 22.7 Å². The topological polar surface area (TPSA) is 137 Å². The number of carboxylic acids is 1. The molecule has 0 radical (unpaired) electrons. The first kappa shape index (κ1) is 25.2. The number of hydrogen-bond acceptors (Lipinski definition) is 7. The second-order valence-corrected chi connectivity index (χ2v) is 9.10. The molecule has 1 aromatic heterocycles. The van der Waals surface area contributed by atoms with Gasteiger partial charge in [-0.2, -0.15) is 5.26 Å². The zero-order valence-electron chi connectivity index (χ0n) is 19.5. The van der Waals surface area contributed by atoms with Gasteiger partial charge in [-0.3, -0.25) is 10.1 Å². The fourth-order valence-corrected chi connectivity index (χ4v) is 4.10. The monoisotopic (exact) mass is 508 g/mol. The van der Waals surface area contributed by atoms with Gasteiger partial charge in [-0.1, -0.05) is 72.1 Å². The molecule has 1 saturated carbocycles. The number of halogens is 1. The van der Waals surface area contributed by atoms with Crippen LogP contribution in [-0.2, 0) is 16.1 Å². The van der Waals surface area contributed by atoms with Gasteiger partial charge in [-0.15, -0.1) is 0 Å². The van der Waals surface area contributed by atoms with Gasteiger partial charge in [0.15, 0.2) is 5.76 Å². The molecule has 0 bridgehead atoms. The maximum atomic E-state index is 12.6. The Kier molecular flexibility index (Phi) is 7.88. The van der Waals surface area contributed by atoms with Gasteiger partial charge >= 0.3 is 12.1 Å². The third kappa shape index (κ3) is 6.22. The van der Waals surface area contributed by atoms with Crippen molar-refractivity contribution in [2.24, 2.45) is 5.92 Å². The molecule has 0 saturated heterocycles. The first-order chi connectivity index (χ1) is 17.4. The van der Waals surface area contributed by atoms with E-state index in [1.54, 1.807) is 43.3 Å². The van der Waals surface area contributed by atoms with Crippen LogP contribution in [0.2, 0.25) is 5.02 Å². The number of benzene rings is 2. The molecule has 0 aliphatic heterocycles. The van der Waals surface area contributed by atoms with Crippen LogP contribution in [0.1, 0.15) is 49.1 Å². The van der Waals surface area contributed by atoms with Crippen molar-refractivity contribution in [3.05, 3.63) is 70.4 Å². The van der Waals surface area contributed by atoms with E-state index in [1.165, 1.54) is 0 Å². The Morgan fingerprint density at radius 1 is 1.25 bits per heavy atom. The molecule has 9 nitrogen and oxygen atoms in total. The number of nitrogens with one attached hydrogen (secondary N) is 2. The van der Waals surface area contributed by atoms with Crippen molar-refractivity contribution in [3.8, 4) is 17.4 Å². The lowest BCUT2D eigenvalue weighted by Crippen LogP contribution is -2.36. The Morgan fingerprint density at radius 2 is 1.97 bits per heavy atom. The maximum absolute atomic E-state index is 12.6. The number of aromatic nitrogens is 1. The van der Waals surface area contributed by atoms with Crippen LogP contribution in [0.3, 0.4) is 0 Å². The summed E-state index contributed by atoms with van der Waals surface area (Å²) in [7, 11) is 0. The molecule has 2 aromatic carbocycles. The molecule has 1 heterocycles. The van der Waals surface area contributed by atoms with Crippen molar-refractivity contribution in [1.82, 2.24) is 10.5 Å². The zero-order chi connectivity index (χ0) is 25.7. The molecule has 0 spiro atoms. The molecule has 1 aliphatic rings. The minimum atomic E-state index is -0.851. The molecule has 3 N–H and O–H groups in total. The maximum Gasteiger partial charge on any atom is 0.412 e. The van der Waals surface area contributed by atoms with Crippen molar-refractivity contribution in [3.63, 3.8) is 0 Å². The summed E-state index contributed by atoms with van der Waals surface area (Å²) in [6, 6.07) is 15.5. The SMILES string of the molecule is CC(OC(=O)Nc1c(C#N)noc1-c1ccc(CNC(CC2CC2)C(=O)O)cc1)c1ccccc1Cl. The molecule has 186 valence electrons. The lowest BCUT2D eigenvalue weighted by atomic mass is 10.1. The highest BCUT2D eigenvalue weighted by Crippen LogP contribution is 2.34. The number of hydrogen-bond donors (Lipinski definition) is 3. The number of carboxylic acid groups (broad SMARTS) is 1. The summed E-state index contributed by atoms with van der Waals surface area (Å²) in [4.78, 5) is 24.1. The summed E-state index contributed by atoms with van der Waals surface area (Å²) in [5, 5.41) is 28.7. The molecule has 2 unspecified atom stereocenters. The number of aliphatic carboxylic acids is 1. The summed E-state index contributed by atoms with van der Waals surface area (Å²) in [5.41, 5.74) is 2.10. The quantitative estimate of drug-likeness (QED) is 0.325. The van der Waals surface area contributed by atoms with E-state index >= 15 is 0 Å². The predicted molar refractivity (Wildman–Crippen MR) is 132 cm³/mol. The second kappa shape index (κ2) is 11.2. The van der Waals surface area contributed by atoms with E-state index in [0.717, 1.165) is 18.4 Å². The molecule has 36 heavy (non-hydrogen) atoms. The number of rotatable bonds is 10. The first-order valence-corrected chi connectivity index (χ1v) is 11.9. The van der Waals surface area contributed by atoms with Crippen LogP contribution in [-0.4, -0.2) is 28.4 Å². The van der Waals surface area contributed by atoms with E-state index in [4.69, 9.17) is 20.9 Å². The summed E-state index contributed by atoms with van der Waals surface area (Å²) < 4.78 is 10.8. The minimum absolute atomic E-state index is 0.0927. The normalized spacial score (nSPS) is 14.5. The number of nitriles is 1. The number of ether oxygens (including phenoxy) is 1. The van der Waals surface area contributed by atoms with Crippen LogP contribution in [0, 0.1) is 17.2 Å². The van der Waals surface area contributed by atoms with Crippen molar-refractivity contribution in [2.45, 2.75) is 44.9 Å². The highest BCUT2D eigenvalue weighted by atomic mass is 35.5. The molecule has 1 aliphatic carbocycles. The average molecular weight is 509 g/mol. The van der Waals surface area contributed by atoms with Crippen molar-refractivity contribution in [2.75, 3.05) is 5.32 Å². The summed E-state index contributed by atoms with van der Waals surface area (Å²) in [6.07, 6.45) is 1.38. The number of nitrogens with zero attached hydrogens (tertiary/aromatic N) is 2. The zero-order valence-corrected chi connectivity index (χ0v) is 20.3. The van der Waals surface area contributed by atoms with Gasteiger partial charge in [0.25, 0.3) is 0 Å². The molecule has 10 heteroatoms. The van der Waals surface area contributed by atoms with Crippen molar-refractivity contribution < 1.29 is 24.0 Å². The fourth-order valence-electron chi connectivity index (χ4n) is 3.81. The Hall–Kier alpha value is -3.87. The van der Waals surface area contributed by atoms with Gasteiger partial charge in [0.1, 0.15) is 23.9 Å². The van der Waals surface area contributed by atoms with E-state index in [-0.39, 0.29) is 17.1 Å². The number of carbonyl (C=O) groups excluding carboxylic acids is 1. The largest absolute Gasteiger partial charge is 0.480 e. The summed E-state index contributed by atoms with van der Waals surface area (Å²) >= 11 is 6.18. The highest BCUT2D eigenvalue weighted by Gasteiger charge is 2.29. The number of anilines is 1. The Labute approximate surface area is 213 Å². The third-order valence-electron chi connectivity index (χ3n) is 5.98. The van der Waals surface area contributed by atoms with E-state index < -0.39 is 24.2 Å². The molecule has 1 amide bonds. The van der Waals surface area contributed by atoms with Crippen LogP contribution in [0.25, 0.3) is 11.3 Å². The first-order valence-electron chi connectivity index (χ1n) is 11.5.